The van der Waals surface area contributed by atoms with Gasteiger partial charge in [0.05, 0.1) is 16.8 Å². The molecular weight excluding hydrogens is 258 g/mol. The first-order valence-electron chi connectivity index (χ1n) is 5.87. The molecule has 1 aromatic heterocycles. The van der Waals surface area contributed by atoms with Crippen LogP contribution in [0.4, 0.5) is 5.69 Å². The van der Waals surface area contributed by atoms with Crippen LogP contribution in [0.2, 0.25) is 0 Å². The minimum absolute atomic E-state index is 0.208. The molecule has 0 atom stereocenters. The van der Waals surface area contributed by atoms with Crippen molar-refractivity contribution < 1.29 is 14.7 Å². The fourth-order valence-electron chi connectivity index (χ4n) is 1.63. The van der Waals surface area contributed by atoms with Gasteiger partial charge >= 0.3 is 5.97 Å². The smallest absolute Gasteiger partial charge is 0.335 e. The van der Waals surface area contributed by atoms with E-state index in [1.807, 2.05) is 0 Å². The van der Waals surface area contributed by atoms with E-state index < -0.39 is 5.97 Å². The maximum Gasteiger partial charge on any atom is 0.335 e. The molecule has 0 saturated carbocycles. The lowest BCUT2D eigenvalue weighted by molar-refractivity contribution is 0.0696. The molecule has 1 amide bonds. The first-order valence-corrected chi connectivity index (χ1v) is 5.87. The van der Waals surface area contributed by atoms with E-state index in [2.05, 4.69) is 10.3 Å². The molecule has 0 bridgehead atoms. The highest BCUT2D eigenvalue weighted by molar-refractivity contribution is 5.94. The van der Waals surface area contributed by atoms with Gasteiger partial charge in [0, 0.05) is 18.9 Å². The molecule has 1 aromatic carbocycles. The number of pyridine rings is 1. The van der Waals surface area contributed by atoms with Crippen molar-refractivity contribution in [2.75, 3.05) is 5.73 Å². The summed E-state index contributed by atoms with van der Waals surface area (Å²) in [5, 5.41) is 11.5. The molecule has 0 saturated heterocycles. The molecule has 0 aliphatic carbocycles. The van der Waals surface area contributed by atoms with Gasteiger partial charge in [-0.1, -0.05) is 12.1 Å². The number of carbonyl (C=O) groups excluding carboxylic acids is 1. The molecule has 0 aliphatic heterocycles. The van der Waals surface area contributed by atoms with Crippen LogP contribution >= 0.6 is 0 Å². The second-order valence-corrected chi connectivity index (χ2v) is 4.19. The van der Waals surface area contributed by atoms with Crippen LogP contribution in [0, 0.1) is 0 Å². The number of carbonyl (C=O) groups is 2. The fourth-order valence-corrected chi connectivity index (χ4v) is 1.63. The molecule has 1 heterocycles. The lowest BCUT2D eigenvalue weighted by Gasteiger charge is -2.06. The minimum Gasteiger partial charge on any atom is -0.478 e. The molecule has 2 rings (SSSR count). The average molecular weight is 271 g/mol. The van der Waals surface area contributed by atoms with Gasteiger partial charge < -0.3 is 16.2 Å². The fraction of sp³-hybridized carbons (Fsp3) is 0.0714. The van der Waals surface area contributed by atoms with Crippen LogP contribution < -0.4 is 11.1 Å². The average Bonchev–Trinajstić information content (AvgIpc) is 2.45. The highest BCUT2D eigenvalue weighted by Gasteiger charge is 2.06. The van der Waals surface area contributed by atoms with E-state index in [-0.39, 0.29) is 11.5 Å². The van der Waals surface area contributed by atoms with E-state index >= 15 is 0 Å². The zero-order chi connectivity index (χ0) is 14.5. The monoisotopic (exact) mass is 271 g/mol. The maximum absolute atomic E-state index is 11.8. The third-order valence-electron chi connectivity index (χ3n) is 2.68. The van der Waals surface area contributed by atoms with Gasteiger partial charge in [-0.2, -0.15) is 0 Å². The van der Waals surface area contributed by atoms with Crippen LogP contribution in [0.1, 0.15) is 26.3 Å². The van der Waals surface area contributed by atoms with Crippen LogP contribution in [0.15, 0.2) is 42.7 Å². The number of hydrogen-bond acceptors (Lipinski definition) is 4. The van der Waals surface area contributed by atoms with Gasteiger partial charge in [0.25, 0.3) is 5.91 Å². The molecule has 0 aliphatic rings. The summed E-state index contributed by atoms with van der Waals surface area (Å²) >= 11 is 0. The Morgan fingerprint density at radius 2 is 1.85 bits per heavy atom. The predicted molar refractivity (Wildman–Crippen MR) is 73.2 cm³/mol. The van der Waals surface area contributed by atoms with Gasteiger partial charge in [0.1, 0.15) is 0 Å². The number of nitrogen functional groups attached to an aromatic ring is 1. The number of aromatic carboxylic acids is 1. The summed E-state index contributed by atoms with van der Waals surface area (Å²) in [7, 11) is 0. The molecule has 4 N–H and O–H groups in total. The van der Waals surface area contributed by atoms with Crippen molar-refractivity contribution in [1.29, 1.82) is 0 Å². The number of benzene rings is 1. The summed E-state index contributed by atoms with van der Waals surface area (Å²) in [5.41, 5.74) is 7.37. The molecule has 6 heteroatoms. The number of hydrogen-bond donors (Lipinski definition) is 3. The first-order chi connectivity index (χ1) is 9.56. The summed E-state index contributed by atoms with van der Waals surface area (Å²) in [6.45, 7) is 0.299. The highest BCUT2D eigenvalue weighted by Crippen LogP contribution is 2.06. The van der Waals surface area contributed by atoms with Gasteiger partial charge in [-0.3, -0.25) is 9.78 Å². The zero-order valence-electron chi connectivity index (χ0n) is 10.5. The molecule has 0 spiro atoms. The number of nitrogens with one attached hydrogen (secondary N) is 1. The summed E-state index contributed by atoms with van der Waals surface area (Å²) in [5.74, 6) is -1.27. The topological polar surface area (TPSA) is 105 Å². The molecule has 2 aromatic rings. The van der Waals surface area contributed by atoms with Crippen LogP contribution in [0.3, 0.4) is 0 Å². The van der Waals surface area contributed by atoms with Gasteiger partial charge in [-0.15, -0.1) is 0 Å². The molecule has 6 nitrogen and oxygen atoms in total. The standard InChI is InChI=1S/C14H13N3O3/c15-12-5-11(7-16-8-12)13(18)17-6-9-1-3-10(4-2-9)14(19)20/h1-5,7-8H,6,15H2,(H,17,18)(H,19,20). The highest BCUT2D eigenvalue weighted by atomic mass is 16.4. The number of aromatic nitrogens is 1. The van der Waals surface area contributed by atoms with Gasteiger partial charge in [-0.25, -0.2) is 4.79 Å². The molecule has 102 valence electrons. The number of carboxylic acids is 1. The Labute approximate surface area is 115 Å². The number of anilines is 1. The van der Waals surface area contributed by atoms with E-state index in [1.165, 1.54) is 30.6 Å². The van der Waals surface area contributed by atoms with Crippen molar-refractivity contribution in [3.05, 3.63) is 59.4 Å². The van der Waals surface area contributed by atoms with Crippen molar-refractivity contribution in [3.8, 4) is 0 Å². The van der Waals surface area contributed by atoms with Gasteiger partial charge in [0.15, 0.2) is 0 Å². The van der Waals surface area contributed by atoms with E-state index in [0.29, 0.717) is 17.8 Å². The van der Waals surface area contributed by atoms with E-state index in [0.717, 1.165) is 5.56 Å². The Hall–Kier alpha value is -2.89. The maximum atomic E-state index is 11.8. The lowest BCUT2D eigenvalue weighted by Crippen LogP contribution is -2.23. The van der Waals surface area contributed by atoms with E-state index in [9.17, 15) is 9.59 Å². The van der Waals surface area contributed by atoms with Crippen molar-refractivity contribution in [2.45, 2.75) is 6.54 Å². The van der Waals surface area contributed by atoms with Crippen molar-refractivity contribution >= 4 is 17.6 Å². The Morgan fingerprint density at radius 3 is 2.45 bits per heavy atom. The quantitative estimate of drug-likeness (QED) is 0.777. The van der Waals surface area contributed by atoms with E-state index in [1.54, 1.807) is 12.1 Å². The normalized spacial score (nSPS) is 10.0. The van der Waals surface area contributed by atoms with E-state index in [4.69, 9.17) is 10.8 Å². The molecular formula is C14H13N3O3. The van der Waals surface area contributed by atoms with Crippen molar-refractivity contribution in [3.63, 3.8) is 0 Å². The first kappa shape index (κ1) is 13.5. The van der Waals surface area contributed by atoms with Crippen LogP contribution in [-0.4, -0.2) is 22.0 Å². The van der Waals surface area contributed by atoms with Gasteiger partial charge in [0.2, 0.25) is 0 Å². The summed E-state index contributed by atoms with van der Waals surface area (Å²) in [6.07, 6.45) is 2.89. The number of nitrogens with zero attached hydrogens (tertiary/aromatic N) is 1. The lowest BCUT2D eigenvalue weighted by atomic mass is 10.1. The Bertz CT molecular complexity index is 638. The Balaban J connectivity index is 1.98. The molecule has 0 fully saturated rings. The van der Waals surface area contributed by atoms with Crippen LogP contribution in [0.5, 0.6) is 0 Å². The summed E-state index contributed by atoms with van der Waals surface area (Å²) < 4.78 is 0. The van der Waals surface area contributed by atoms with Crippen LogP contribution in [-0.2, 0) is 6.54 Å². The summed E-state index contributed by atoms with van der Waals surface area (Å²) in [4.78, 5) is 26.4. The third-order valence-corrected chi connectivity index (χ3v) is 2.68. The second-order valence-electron chi connectivity index (χ2n) is 4.19. The van der Waals surface area contributed by atoms with Crippen molar-refractivity contribution in [2.24, 2.45) is 0 Å². The molecule has 20 heavy (non-hydrogen) atoms. The Kier molecular flexibility index (Phi) is 3.95. The molecule has 0 unspecified atom stereocenters. The van der Waals surface area contributed by atoms with Crippen LogP contribution in [0.25, 0.3) is 0 Å². The summed E-state index contributed by atoms with van der Waals surface area (Å²) in [6, 6.07) is 7.83. The number of rotatable bonds is 4. The zero-order valence-corrected chi connectivity index (χ0v) is 10.5. The SMILES string of the molecule is Nc1cncc(C(=O)NCc2ccc(C(=O)O)cc2)c1. The predicted octanol–water partition coefficient (Wildman–Crippen LogP) is 1.29. The van der Waals surface area contributed by atoms with Gasteiger partial charge in [-0.05, 0) is 23.8 Å². The Morgan fingerprint density at radius 1 is 1.15 bits per heavy atom. The number of amides is 1. The second kappa shape index (κ2) is 5.83. The molecule has 0 radical (unpaired) electrons. The van der Waals surface area contributed by atoms with Crippen molar-refractivity contribution in [1.82, 2.24) is 10.3 Å². The number of nitrogens with two attached hydrogens (primary N) is 1. The number of carboxylic acid groups (broad SMARTS) is 1. The third kappa shape index (κ3) is 3.32. The minimum atomic E-state index is -0.980. The largest absolute Gasteiger partial charge is 0.478 e.